The molecule has 13 heavy (non-hydrogen) atoms. The smallest absolute Gasteiger partial charge is 0.249 e. The molecule has 0 spiro atoms. The Morgan fingerprint density at radius 1 is 1.54 bits per heavy atom. The fourth-order valence-corrected chi connectivity index (χ4v) is 1.19. The molecule has 0 aliphatic rings. The molecule has 1 rings (SSSR count). The lowest BCUT2D eigenvalue weighted by Gasteiger charge is -2.05. The van der Waals surface area contributed by atoms with Crippen molar-refractivity contribution in [3.8, 4) is 0 Å². The van der Waals surface area contributed by atoms with E-state index in [0.29, 0.717) is 5.69 Å². The highest BCUT2D eigenvalue weighted by molar-refractivity contribution is 6.17. The van der Waals surface area contributed by atoms with Gasteiger partial charge in [-0.2, -0.15) is 0 Å². The second-order valence-corrected chi connectivity index (χ2v) is 2.82. The Morgan fingerprint density at radius 3 is 2.62 bits per heavy atom. The molecule has 0 radical (unpaired) electrons. The lowest BCUT2D eigenvalue weighted by atomic mass is 10.2. The second-order valence-electron chi connectivity index (χ2n) is 2.56. The van der Waals surface area contributed by atoms with Crippen molar-refractivity contribution in [1.29, 1.82) is 0 Å². The predicted octanol–water partition coefficient (Wildman–Crippen LogP) is 3.21. The van der Waals surface area contributed by atoms with E-state index in [2.05, 4.69) is 4.98 Å². The molecule has 0 atom stereocenters. The Hall–Kier alpha value is -0.770. The molecule has 1 aromatic heterocycles. The quantitative estimate of drug-likeness (QED) is 0.682. The summed E-state index contributed by atoms with van der Waals surface area (Å²) in [6.07, 6.45) is -2.90. The zero-order valence-corrected chi connectivity index (χ0v) is 7.58. The third-order valence-corrected chi connectivity index (χ3v) is 1.83. The van der Waals surface area contributed by atoms with E-state index in [-0.39, 0.29) is 11.4 Å². The lowest BCUT2D eigenvalue weighted by molar-refractivity contribution is 0.140. The van der Waals surface area contributed by atoms with E-state index < -0.39 is 17.9 Å². The second kappa shape index (κ2) is 3.96. The number of pyridine rings is 1. The van der Waals surface area contributed by atoms with Gasteiger partial charge in [0.05, 0.1) is 5.88 Å². The minimum atomic E-state index is -2.90. The van der Waals surface area contributed by atoms with Crippen molar-refractivity contribution in [2.45, 2.75) is 19.2 Å². The summed E-state index contributed by atoms with van der Waals surface area (Å²) in [7, 11) is 0. The van der Waals surface area contributed by atoms with Gasteiger partial charge in [0.15, 0.2) is 5.82 Å². The Balaban J connectivity index is 3.27. The summed E-state index contributed by atoms with van der Waals surface area (Å²) in [5.41, 5.74) is -0.424. The van der Waals surface area contributed by atoms with E-state index in [9.17, 15) is 13.2 Å². The van der Waals surface area contributed by atoms with Crippen molar-refractivity contribution in [3.05, 3.63) is 28.8 Å². The molecule has 0 bridgehead atoms. The Bertz CT molecular complexity index is 315. The molecule has 0 saturated carbocycles. The molecule has 1 heterocycles. The van der Waals surface area contributed by atoms with E-state index in [4.69, 9.17) is 11.6 Å². The number of alkyl halides is 3. The van der Waals surface area contributed by atoms with E-state index in [1.807, 2.05) is 0 Å². The van der Waals surface area contributed by atoms with Gasteiger partial charge in [-0.05, 0) is 13.0 Å². The van der Waals surface area contributed by atoms with Crippen LogP contribution in [0.15, 0.2) is 6.07 Å². The maximum Gasteiger partial charge on any atom is 0.283 e. The van der Waals surface area contributed by atoms with Crippen molar-refractivity contribution in [1.82, 2.24) is 4.98 Å². The molecule has 0 aliphatic carbocycles. The van der Waals surface area contributed by atoms with Gasteiger partial charge in [-0.15, -0.1) is 11.6 Å². The summed E-state index contributed by atoms with van der Waals surface area (Å²) in [6, 6.07) is 1.36. The van der Waals surface area contributed by atoms with Crippen LogP contribution in [0.4, 0.5) is 13.2 Å². The first-order chi connectivity index (χ1) is 6.06. The van der Waals surface area contributed by atoms with Gasteiger partial charge in [0, 0.05) is 11.3 Å². The minimum Gasteiger partial charge on any atom is -0.249 e. The van der Waals surface area contributed by atoms with Crippen molar-refractivity contribution in [3.63, 3.8) is 0 Å². The Labute approximate surface area is 78.5 Å². The number of nitrogens with zero attached hydrogens (tertiary/aromatic N) is 1. The van der Waals surface area contributed by atoms with Gasteiger partial charge in [-0.3, -0.25) is 0 Å². The first-order valence-electron chi connectivity index (χ1n) is 3.56. The molecular weight excluding hydrogens is 203 g/mol. The number of rotatable bonds is 2. The molecular formula is C8H7ClF3N. The Morgan fingerprint density at radius 2 is 2.15 bits per heavy atom. The molecule has 1 aromatic rings. The van der Waals surface area contributed by atoms with Crippen LogP contribution in [0.25, 0.3) is 0 Å². The van der Waals surface area contributed by atoms with Crippen LogP contribution in [0.3, 0.4) is 0 Å². The fourth-order valence-electron chi connectivity index (χ4n) is 0.993. The maximum absolute atomic E-state index is 13.1. The first kappa shape index (κ1) is 10.3. The van der Waals surface area contributed by atoms with Crippen LogP contribution in [0.5, 0.6) is 0 Å². The summed E-state index contributed by atoms with van der Waals surface area (Å²) in [5, 5.41) is 0. The van der Waals surface area contributed by atoms with Crippen molar-refractivity contribution < 1.29 is 13.2 Å². The van der Waals surface area contributed by atoms with E-state index in [0.717, 1.165) is 0 Å². The lowest BCUT2D eigenvalue weighted by Crippen LogP contribution is -2.01. The normalized spacial score (nSPS) is 10.9. The Kier molecular flexibility index (Phi) is 3.14. The van der Waals surface area contributed by atoms with Crippen LogP contribution in [0.2, 0.25) is 0 Å². The third kappa shape index (κ3) is 2.12. The monoisotopic (exact) mass is 209 g/mol. The van der Waals surface area contributed by atoms with E-state index >= 15 is 0 Å². The van der Waals surface area contributed by atoms with Crippen LogP contribution in [-0.2, 0) is 5.88 Å². The summed E-state index contributed by atoms with van der Waals surface area (Å²) >= 11 is 5.37. The highest BCUT2D eigenvalue weighted by Gasteiger charge is 2.18. The molecule has 0 aliphatic heterocycles. The van der Waals surface area contributed by atoms with Gasteiger partial charge in [0.2, 0.25) is 0 Å². The number of hydrogen-bond donors (Lipinski definition) is 0. The fraction of sp³-hybridized carbons (Fsp3) is 0.375. The van der Waals surface area contributed by atoms with Crippen molar-refractivity contribution in [2.75, 3.05) is 0 Å². The molecule has 0 N–H and O–H groups in total. The largest absolute Gasteiger partial charge is 0.283 e. The van der Waals surface area contributed by atoms with Gasteiger partial charge >= 0.3 is 0 Å². The molecule has 0 aromatic carbocycles. The highest BCUT2D eigenvalue weighted by atomic mass is 35.5. The van der Waals surface area contributed by atoms with Gasteiger partial charge in [0.25, 0.3) is 6.43 Å². The van der Waals surface area contributed by atoms with E-state index in [1.165, 1.54) is 13.0 Å². The summed E-state index contributed by atoms with van der Waals surface area (Å²) in [5.74, 6) is -1.13. The topological polar surface area (TPSA) is 12.9 Å². The molecule has 1 nitrogen and oxygen atoms in total. The summed E-state index contributed by atoms with van der Waals surface area (Å²) in [6.45, 7) is 1.52. The van der Waals surface area contributed by atoms with Crippen molar-refractivity contribution >= 4 is 11.6 Å². The van der Waals surface area contributed by atoms with Crippen LogP contribution >= 0.6 is 11.6 Å². The maximum atomic E-state index is 13.1. The van der Waals surface area contributed by atoms with E-state index in [1.54, 1.807) is 0 Å². The molecule has 0 saturated heterocycles. The van der Waals surface area contributed by atoms with Crippen molar-refractivity contribution in [2.24, 2.45) is 0 Å². The molecule has 72 valence electrons. The average molecular weight is 210 g/mol. The zero-order valence-electron chi connectivity index (χ0n) is 6.82. The number of aromatic nitrogens is 1. The minimum absolute atomic E-state index is 0.0597. The first-order valence-corrected chi connectivity index (χ1v) is 4.09. The number of hydrogen-bond acceptors (Lipinski definition) is 1. The van der Waals surface area contributed by atoms with Crippen LogP contribution in [0.1, 0.15) is 23.4 Å². The molecule has 0 fully saturated rings. The van der Waals surface area contributed by atoms with Gasteiger partial charge in [0.1, 0.15) is 5.69 Å². The standard InChI is InChI=1S/C8H7ClF3N/c1-4-2-5(3-9)6(10)7(13-4)8(11)12/h2,8H,3H2,1H3. The summed E-state index contributed by atoms with van der Waals surface area (Å²) < 4.78 is 37.4. The molecule has 5 heteroatoms. The highest BCUT2D eigenvalue weighted by Crippen LogP contribution is 2.23. The van der Waals surface area contributed by atoms with Crippen LogP contribution < -0.4 is 0 Å². The molecule has 0 unspecified atom stereocenters. The SMILES string of the molecule is Cc1cc(CCl)c(F)c(C(F)F)n1. The average Bonchev–Trinajstić information content (AvgIpc) is 2.08. The van der Waals surface area contributed by atoms with Crippen LogP contribution in [0, 0.1) is 12.7 Å². The van der Waals surface area contributed by atoms with Gasteiger partial charge in [-0.1, -0.05) is 0 Å². The zero-order chi connectivity index (χ0) is 10.0. The van der Waals surface area contributed by atoms with Crippen LogP contribution in [-0.4, -0.2) is 4.98 Å². The molecule has 0 amide bonds. The van der Waals surface area contributed by atoms with Gasteiger partial charge in [-0.25, -0.2) is 18.2 Å². The predicted molar refractivity (Wildman–Crippen MR) is 43.4 cm³/mol. The number of aryl methyl sites for hydroxylation is 1. The summed E-state index contributed by atoms with van der Waals surface area (Å²) in [4.78, 5) is 3.40. The third-order valence-electron chi connectivity index (χ3n) is 1.54. The van der Waals surface area contributed by atoms with Gasteiger partial charge < -0.3 is 0 Å². The number of halogens is 4.